The molecule has 1 aliphatic heterocycles. The zero-order chi connectivity index (χ0) is 21.4. The quantitative estimate of drug-likeness (QED) is 0.596. The number of carbonyl (C=O) groups excluding carboxylic acids is 1. The molecule has 0 radical (unpaired) electrons. The van der Waals surface area contributed by atoms with E-state index < -0.39 is 0 Å². The van der Waals surface area contributed by atoms with E-state index in [1.807, 2.05) is 18.7 Å². The highest BCUT2D eigenvalue weighted by Gasteiger charge is 2.24. The number of fused-ring (bicyclic) bond motifs is 1. The van der Waals surface area contributed by atoms with Gasteiger partial charge in [-0.2, -0.15) is 15.0 Å². The lowest BCUT2D eigenvalue weighted by molar-refractivity contribution is -0.120. The number of hydrogen-bond donors (Lipinski definition) is 3. The van der Waals surface area contributed by atoms with Gasteiger partial charge in [0.05, 0.1) is 18.1 Å². The fraction of sp³-hybridized carbons (Fsp3) is 0.350. The number of anilines is 3. The van der Waals surface area contributed by atoms with Gasteiger partial charge in [-0.1, -0.05) is 6.07 Å². The Morgan fingerprint density at radius 1 is 1.23 bits per heavy atom. The lowest BCUT2D eigenvalue weighted by Gasteiger charge is -2.31. The lowest BCUT2D eigenvalue weighted by Crippen LogP contribution is -2.48. The minimum Gasteiger partial charge on any atom is -0.368 e. The number of nitrogens with two attached hydrogens (primary N) is 1. The second-order valence-corrected chi connectivity index (χ2v) is 7.36. The summed E-state index contributed by atoms with van der Waals surface area (Å²) < 4.78 is 14.6. The van der Waals surface area contributed by atoms with E-state index in [1.165, 1.54) is 6.07 Å². The topological polar surface area (TPSA) is 122 Å². The SMILES string of the molecule is Cc1nc(N)nc(NC(C)c2cc3c(F)ccc(C)c3nc2N2CCNC(=O)C2)n1. The van der Waals surface area contributed by atoms with Crippen molar-refractivity contribution in [3.05, 3.63) is 41.0 Å². The van der Waals surface area contributed by atoms with Gasteiger partial charge in [-0.25, -0.2) is 9.37 Å². The van der Waals surface area contributed by atoms with Crippen molar-refractivity contribution in [2.45, 2.75) is 26.8 Å². The van der Waals surface area contributed by atoms with Crippen LogP contribution in [0.5, 0.6) is 0 Å². The fourth-order valence-corrected chi connectivity index (χ4v) is 3.60. The highest BCUT2D eigenvalue weighted by atomic mass is 19.1. The van der Waals surface area contributed by atoms with Crippen LogP contribution in [-0.4, -0.2) is 45.5 Å². The summed E-state index contributed by atoms with van der Waals surface area (Å²) in [7, 11) is 0. The van der Waals surface area contributed by atoms with Crippen molar-refractivity contribution in [3.63, 3.8) is 0 Å². The van der Waals surface area contributed by atoms with Crippen molar-refractivity contribution in [1.82, 2.24) is 25.3 Å². The molecule has 4 rings (SSSR count). The molecular weight excluding hydrogens is 387 g/mol. The summed E-state index contributed by atoms with van der Waals surface area (Å²) >= 11 is 0. The smallest absolute Gasteiger partial charge is 0.239 e. The number of aryl methyl sites for hydroxylation is 2. The molecule has 1 aromatic carbocycles. The summed E-state index contributed by atoms with van der Waals surface area (Å²) in [6, 6.07) is 4.59. The Labute approximate surface area is 172 Å². The van der Waals surface area contributed by atoms with Crippen molar-refractivity contribution in [1.29, 1.82) is 0 Å². The standard InChI is InChI=1S/C20H23FN8O/c1-10-4-5-15(21)14-8-13(11(2)24-20-26-12(3)25-19(22)28-20)18(27-17(10)14)29-7-6-23-16(30)9-29/h4-5,8,11H,6-7,9H2,1-3H3,(H,23,30)(H3,22,24,25,26,28). The van der Waals surface area contributed by atoms with Crippen LogP contribution in [0, 0.1) is 19.7 Å². The van der Waals surface area contributed by atoms with E-state index in [9.17, 15) is 9.18 Å². The van der Waals surface area contributed by atoms with E-state index in [-0.39, 0.29) is 30.3 Å². The number of benzene rings is 1. The molecule has 156 valence electrons. The van der Waals surface area contributed by atoms with Crippen molar-refractivity contribution < 1.29 is 9.18 Å². The third-order valence-corrected chi connectivity index (χ3v) is 5.06. The molecule has 1 atom stereocenters. The van der Waals surface area contributed by atoms with Gasteiger partial charge in [0.15, 0.2) is 0 Å². The number of rotatable bonds is 4. The van der Waals surface area contributed by atoms with Crippen LogP contribution in [0.1, 0.15) is 29.9 Å². The number of nitrogens with one attached hydrogen (secondary N) is 2. The van der Waals surface area contributed by atoms with Crippen LogP contribution >= 0.6 is 0 Å². The number of amides is 1. The van der Waals surface area contributed by atoms with Crippen molar-refractivity contribution in [3.8, 4) is 0 Å². The highest BCUT2D eigenvalue weighted by molar-refractivity contribution is 5.87. The summed E-state index contributed by atoms with van der Waals surface area (Å²) in [6.07, 6.45) is 0. The minimum absolute atomic E-state index is 0.0773. The first-order valence-corrected chi connectivity index (χ1v) is 9.68. The van der Waals surface area contributed by atoms with Crippen LogP contribution in [-0.2, 0) is 4.79 Å². The molecule has 3 heterocycles. The third-order valence-electron chi connectivity index (χ3n) is 5.06. The second kappa shape index (κ2) is 7.69. The maximum Gasteiger partial charge on any atom is 0.239 e. The molecular formula is C20H23FN8O. The molecule has 2 aromatic heterocycles. The molecule has 30 heavy (non-hydrogen) atoms. The molecule has 10 heteroatoms. The maximum atomic E-state index is 14.6. The Morgan fingerprint density at radius 3 is 2.77 bits per heavy atom. The molecule has 9 nitrogen and oxygen atoms in total. The monoisotopic (exact) mass is 410 g/mol. The summed E-state index contributed by atoms with van der Waals surface area (Å²) in [5.41, 5.74) is 7.90. The molecule has 0 bridgehead atoms. The predicted molar refractivity (Wildman–Crippen MR) is 113 cm³/mol. The zero-order valence-electron chi connectivity index (χ0n) is 17.0. The van der Waals surface area contributed by atoms with Crippen LogP contribution in [0.3, 0.4) is 0 Å². The Kier molecular flexibility index (Phi) is 5.06. The van der Waals surface area contributed by atoms with Gasteiger partial charge in [-0.05, 0) is 38.5 Å². The van der Waals surface area contributed by atoms with Crippen LogP contribution < -0.4 is 21.3 Å². The van der Waals surface area contributed by atoms with Crippen LogP contribution in [0.15, 0.2) is 18.2 Å². The van der Waals surface area contributed by atoms with E-state index in [0.717, 1.165) is 11.1 Å². The van der Waals surface area contributed by atoms with Crippen LogP contribution in [0.4, 0.5) is 22.1 Å². The number of halogens is 1. The molecule has 1 amide bonds. The van der Waals surface area contributed by atoms with E-state index in [1.54, 1.807) is 19.1 Å². The number of nitrogens with zero attached hydrogens (tertiary/aromatic N) is 5. The summed E-state index contributed by atoms with van der Waals surface area (Å²) in [5, 5.41) is 6.44. The van der Waals surface area contributed by atoms with Crippen LogP contribution in [0.2, 0.25) is 0 Å². The van der Waals surface area contributed by atoms with Gasteiger partial charge < -0.3 is 21.3 Å². The first kappa shape index (κ1) is 19.7. The van der Waals surface area contributed by atoms with E-state index in [0.29, 0.717) is 41.6 Å². The Bertz CT molecular complexity index is 1120. The molecule has 0 aliphatic carbocycles. The summed E-state index contributed by atoms with van der Waals surface area (Å²) in [6.45, 7) is 6.83. The van der Waals surface area contributed by atoms with Crippen molar-refractivity contribution >= 4 is 34.5 Å². The normalized spacial score (nSPS) is 15.2. The molecule has 0 saturated carbocycles. The van der Waals surface area contributed by atoms with Gasteiger partial charge in [0.25, 0.3) is 0 Å². The molecule has 1 aliphatic rings. The van der Waals surface area contributed by atoms with Crippen molar-refractivity contribution in [2.75, 3.05) is 35.6 Å². The summed E-state index contributed by atoms with van der Waals surface area (Å²) in [5.74, 6) is 1.13. The fourth-order valence-electron chi connectivity index (χ4n) is 3.60. The van der Waals surface area contributed by atoms with Gasteiger partial charge in [0.1, 0.15) is 17.5 Å². The zero-order valence-corrected chi connectivity index (χ0v) is 17.0. The number of piperazine rings is 1. The van der Waals surface area contributed by atoms with E-state index in [2.05, 4.69) is 25.6 Å². The second-order valence-electron chi connectivity index (χ2n) is 7.36. The molecule has 4 N–H and O–H groups in total. The lowest BCUT2D eigenvalue weighted by atomic mass is 10.0. The Morgan fingerprint density at radius 2 is 2.03 bits per heavy atom. The number of pyridine rings is 1. The predicted octanol–water partition coefficient (Wildman–Crippen LogP) is 1.87. The molecule has 3 aromatic rings. The average molecular weight is 410 g/mol. The molecule has 1 unspecified atom stereocenters. The third kappa shape index (κ3) is 3.80. The van der Waals surface area contributed by atoms with Crippen LogP contribution in [0.25, 0.3) is 10.9 Å². The highest BCUT2D eigenvalue weighted by Crippen LogP contribution is 2.32. The Hall–Kier alpha value is -3.56. The van der Waals surface area contributed by atoms with E-state index in [4.69, 9.17) is 10.7 Å². The number of aromatic nitrogens is 4. The van der Waals surface area contributed by atoms with E-state index >= 15 is 0 Å². The number of carbonyl (C=O) groups is 1. The first-order chi connectivity index (χ1) is 14.3. The molecule has 1 fully saturated rings. The van der Waals surface area contributed by atoms with Gasteiger partial charge in [0, 0.05) is 24.0 Å². The number of hydrogen-bond acceptors (Lipinski definition) is 8. The number of nitrogen functional groups attached to an aromatic ring is 1. The Balaban J connectivity index is 1.82. The minimum atomic E-state index is -0.347. The molecule has 0 spiro atoms. The average Bonchev–Trinajstić information content (AvgIpc) is 2.69. The largest absolute Gasteiger partial charge is 0.368 e. The summed E-state index contributed by atoms with van der Waals surface area (Å²) in [4.78, 5) is 31.0. The van der Waals surface area contributed by atoms with Gasteiger partial charge >= 0.3 is 0 Å². The van der Waals surface area contributed by atoms with Gasteiger partial charge in [0.2, 0.25) is 17.8 Å². The molecule has 1 saturated heterocycles. The first-order valence-electron chi connectivity index (χ1n) is 9.68. The van der Waals surface area contributed by atoms with Crippen molar-refractivity contribution in [2.24, 2.45) is 0 Å². The van der Waals surface area contributed by atoms with Gasteiger partial charge in [-0.15, -0.1) is 0 Å². The van der Waals surface area contributed by atoms with Gasteiger partial charge in [-0.3, -0.25) is 4.79 Å². The maximum absolute atomic E-state index is 14.6.